The minimum atomic E-state index is -0.0463. The van der Waals surface area contributed by atoms with Crippen LogP contribution in [0.15, 0.2) is 91.0 Å². The topological polar surface area (TPSA) is 38.3 Å². The van der Waals surface area contributed by atoms with Gasteiger partial charge in [-0.1, -0.05) is 117 Å². The van der Waals surface area contributed by atoms with Crippen molar-refractivity contribution in [2.75, 3.05) is 0 Å². The van der Waals surface area contributed by atoms with Crippen molar-refractivity contribution in [2.24, 2.45) is 5.92 Å². The zero-order chi connectivity index (χ0) is 28.5. The first-order valence-electron chi connectivity index (χ1n) is 14.6. The van der Waals surface area contributed by atoms with Crippen LogP contribution in [0.2, 0.25) is 0 Å². The smallest absolute Gasteiger partial charge is 0.252 e. The Morgan fingerprint density at radius 2 is 1.48 bits per heavy atom. The molecule has 3 nitrogen and oxygen atoms in total. The summed E-state index contributed by atoms with van der Waals surface area (Å²) in [6.45, 7) is 11.2. The summed E-state index contributed by atoms with van der Waals surface area (Å²) >= 11 is 0. The van der Waals surface area contributed by atoms with Gasteiger partial charge in [0.1, 0.15) is 12.4 Å². The zero-order valence-electron chi connectivity index (χ0n) is 24.7. The van der Waals surface area contributed by atoms with Crippen LogP contribution in [-0.4, -0.2) is 5.91 Å². The van der Waals surface area contributed by atoms with Crippen LogP contribution in [0.3, 0.4) is 0 Å². The first kappa shape index (κ1) is 29.1. The van der Waals surface area contributed by atoms with Crippen molar-refractivity contribution < 1.29 is 9.53 Å². The maximum atomic E-state index is 13.8. The molecule has 0 aliphatic rings. The van der Waals surface area contributed by atoms with Crippen LogP contribution < -0.4 is 10.1 Å². The molecule has 4 aromatic carbocycles. The van der Waals surface area contributed by atoms with Gasteiger partial charge in [0, 0.05) is 5.56 Å². The fraction of sp³-hybridized carbons (Fsp3) is 0.324. The summed E-state index contributed by atoms with van der Waals surface area (Å²) in [7, 11) is 0. The quantitative estimate of drug-likeness (QED) is 0.197. The summed E-state index contributed by atoms with van der Waals surface area (Å²) in [5.74, 6) is 1.13. The summed E-state index contributed by atoms with van der Waals surface area (Å²) in [6.07, 6.45) is 3.56. The average molecular weight is 534 g/mol. The van der Waals surface area contributed by atoms with E-state index in [9.17, 15) is 4.79 Å². The second-order valence-corrected chi connectivity index (χ2v) is 11.4. The van der Waals surface area contributed by atoms with E-state index in [2.05, 4.69) is 113 Å². The lowest BCUT2D eigenvalue weighted by atomic mass is 9.93. The van der Waals surface area contributed by atoms with Gasteiger partial charge in [-0.2, -0.15) is 0 Å². The molecule has 3 heteroatoms. The molecule has 0 bridgehead atoms. The third-order valence-electron chi connectivity index (χ3n) is 7.25. The number of carbonyl (C=O) groups excluding carboxylic acids is 1. The molecule has 1 unspecified atom stereocenters. The molecule has 0 radical (unpaired) electrons. The predicted octanol–water partition coefficient (Wildman–Crippen LogP) is 8.94. The van der Waals surface area contributed by atoms with E-state index in [1.54, 1.807) is 0 Å². The van der Waals surface area contributed by atoms with Crippen molar-refractivity contribution in [1.29, 1.82) is 0 Å². The maximum Gasteiger partial charge on any atom is 0.252 e. The summed E-state index contributed by atoms with van der Waals surface area (Å²) in [6, 6.07) is 31.4. The van der Waals surface area contributed by atoms with Gasteiger partial charge in [0.25, 0.3) is 5.91 Å². The molecule has 0 spiro atoms. The van der Waals surface area contributed by atoms with Gasteiger partial charge in [0.15, 0.2) is 0 Å². The van der Waals surface area contributed by atoms with E-state index in [0.717, 1.165) is 36.8 Å². The van der Waals surface area contributed by atoms with Gasteiger partial charge in [-0.05, 0) is 79.0 Å². The summed E-state index contributed by atoms with van der Waals surface area (Å²) in [4.78, 5) is 13.8. The molecule has 1 amide bonds. The van der Waals surface area contributed by atoms with Crippen molar-refractivity contribution >= 4 is 5.91 Å². The van der Waals surface area contributed by atoms with Crippen LogP contribution >= 0.6 is 0 Å². The standard InChI is InChI=1S/C37H43NO2/c1-6-12-30-17-18-34(40-25-32-16-11-10-15-31(32)23-29-13-8-7-9-14-29)24-35(30)37(39)38-36(19-26(2)3)33-21-27(4)20-28(5)22-33/h7-11,13-18,20-22,24,26,36H,6,12,19,23,25H2,1-5H3,(H,38,39). The highest BCUT2D eigenvalue weighted by Gasteiger charge is 2.20. The number of rotatable bonds is 12. The molecule has 208 valence electrons. The molecule has 1 N–H and O–H groups in total. The summed E-state index contributed by atoms with van der Waals surface area (Å²) < 4.78 is 6.30. The molecule has 0 heterocycles. The van der Waals surface area contributed by atoms with Crippen molar-refractivity contribution in [3.63, 3.8) is 0 Å². The number of ether oxygens (including phenoxy) is 1. The number of carbonyl (C=O) groups is 1. The van der Waals surface area contributed by atoms with Crippen LogP contribution in [-0.2, 0) is 19.4 Å². The first-order valence-corrected chi connectivity index (χ1v) is 14.6. The van der Waals surface area contributed by atoms with Crippen LogP contribution in [0, 0.1) is 19.8 Å². The number of benzene rings is 4. The van der Waals surface area contributed by atoms with Crippen molar-refractivity contribution in [3.8, 4) is 5.75 Å². The summed E-state index contributed by atoms with van der Waals surface area (Å²) in [5, 5.41) is 3.38. The van der Waals surface area contributed by atoms with Crippen molar-refractivity contribution in [3.05, 3.63) is 136 Å². The molecule has 1 atom stereocenters. The Balaban J connectivity index is 1.55. The first-order chi connectivity index (χ1) is 19.3. The monoisotopic (exact) mass is 533 g/mol. The Bertz CT molecular complexity index is 1390. The predicted molar refractivity (Wildman–Crippen MR) is 166 cm³/mol. The zero-order valence-corrected chi connectivity index (χ0v) is 24.7. The van der Waals surface area contributed by atoms with Crippen LogP contribution in [0.5, 0.6) is 5.75 Å². The molecule has 0 aliphatic carbocycles. The van der Waals surface area contributed by atoms with Crippen molar-refractivity contribution in [1.82, 2.24) is 5.32 Å². The Kier molecular flexibility index (Phi) is 10.2. The third kappa shape index (κ3) is 8.08. The molecular weight excluding hydrogens is 490 g/mol. The number of nitrogens with one attached hydrogen (secondary N) is 1. The average Bonchev–Trinajstić information content (AvgIpc) is 2.92. The van der Waals surface area contributed by atoms with E-state index in [-0.39, 0.29) is 11.9 Å². The molecule has 4 aromatic rings. The highest BCUT2D eigenvalue weighted by molar-refractivity contribution is 5.96. The molecule has 0 aromatic heterocycles. The normalized spacial score (nSPS) is 11.8. The van der Waals surface area contributed by atoms with E-state index < -0.39 is 0 Å². The molecule has 0 saturated heterocycles. The molecule has 40 heavy (non-hydrogen) atoms. The van der Waals surface area contributed by atoms with Crippen LogP contribution in [0.25, 0.3) is 0 Å². The largest absolute Gasteiger partial charge is 0.489 e. The van der Waals surface area contributed by atoms with Gasteiger partial charge >= 0.3 is 0 Å². The van der Waals surface area contributed by atoms with Crippen LogP contribution in [0.4, 0.5) is 0 Å². The molecular formula is C37H43NO2. The molecule has 0 aliphatic heterocycles. The van der Waals surface area contributed by atoms with Gasteiger partial charge in [0.05, 0.1) is 6.04 Å². The number of hydrogen-bond acceptors (Lipinski definition) is 2. The lowest BCUT2D eigenvalue weighted by molar-refractivity contribution is 0.0930. The fourth-order valence-electron chi connectivity index (χ4n) is 5.39. The second-order valence-electron chi connectivity index (χ2n) is 11.4. The number of amides is 1. The Hall–Kier alpha value is -3.85. The lowest BCUT2D eigenvalue weighted by Crippen LogP contribution is -2.30. The van der Waals surface area contributed by atoms with E-state index in [4.69, 9.17) is 4.74 Å². The Morgan fingerprint density at radius 1 is 0.800 bits per heavy atom. The van der Waals surface area contributed by atoms with Gasteiger partial charge in [-0.15, -0.1) is 0 Å². The summed E-state index contributed by atoms with van der Waals surface area (Å²) in [5.41, 5.74) is 9.04. The number of hydrogen-bond donors (Lipinski definition) is 1. The molecule has 0 fully saturated rings. The van der Waals surface area contributed by atoms with Gasteiger partial charge in [-0.25, -0.2) is 0 Å². The Labute approximate surface area is 240 Å². The highest BCUT2D eigenvalue weighted by atomic mass is 16.5. The Morgan fingerprint density at radius 3 is 2.15 bits per heavy atom. The molecule has 4 rings (SSSR count). The van der Waals surface area contributed by atoms with Crippen molar-refractivity contribution in [2.45, 2.75) is 73.0 Å². The van der Waals surface area contributed by atoms with E-state index in [1.807, 2.05) is 18.2 Å². The van der Waals surface area contributed by atoms with Gasteiger partial charge < -0.3 is 10.1 Å². The fourth-order valence-corrected chi connectivity index (χ4v) is 5.39. The van der Waals surface area contributed by atoms with E-state index in [0.29, 0.717) is 23.8 Å². The number of aryl methyl sites for hydroxylation is 3. The lowest BCUT2D eigenvalue weighted by Gasteiger charge is -2.23. The third-order valence-corrected chi connectivity index (χ3v) is 7.25. The molecule has 0 saturated carbocycles. The van der Waals surface area contributed by atoms with Crippen LogP contribution in [0.1, 0.15) is 89.0 Å². The van der Waals surface area contributed by atoms with Gasteiger partial charge in [0.2, 0.25) is 0 Å². The highest BCUT2D eigenvalue weighted by Crippen LogP contribution is 2.27. The SMILES string of the molecule is CCCc1ccc(OCc2ccccc2Cc2ccccc2)cc1C(=O)NC(CC(C)C)c1cc(C)cc(C)c1. The second kappa shape index (κ2) is 14.0. The van der Waals surface area contributed by atoms with E-state index >= 15 is 0 Å². The maximum absolute atomic E-state index is 13.8. The van der Waals surface area contributed by atoms with E-state index in [1.165, 1.54) is 27.8 Å². The van der Waals surface area contributed by atoms with Gasteiger partial charge in [-0.3, -0.25) is 4.79 Å². The minimum absolute atomic E-state index is 0.0387. The minimum Gasteiger partial charge on any atom is -0.489 e.